The fourth-order valence-corrected chi connectivity index (χ4v) is 2.85. The van der Waals surface area contributed by atoms with Gasteiger partial charge in [0, 0.05) is 24.8 Å². The lowest BCUT2D eigenvalue weighted by Gasteiger charge is -2.33. The van der Waals surface area contributed by atoms with Crippen LogP contribution >= 0.6 is 0 Å². The lowest BCUT2D eigenvalue weighted by Crippen LogP contribution is -2.36. The Kier molecular flexibility index (Phi) is 4.76. The van der Waals surface area contributed by atoms with Crippen molar-refractivity contribution < 1.29 is 9.18 Å². The van der Waals surface area contributed by atoms with E-state index in [4.69, 9.17) is 0 Å². The molecule has 0 amide bonds. The molecule has 3 nitrogen and oxygen atoms in total. The zero-order valence-electron chi connectivity index (χ0n) is 12.5. The van der Waals surface area contributed by atoms with E-state index in [2.05, 4.69) is 16.8 Å². The van der Waals surface area contributed by atoms with Gasteiger partial charge in [-0.1, -0.05) is 0 Å². The number of ketones is 1. The van der Waals surface area contributed by atoms with Crippen LogP contribution in [0.4, 0.5) is 10.1 Å². The Morgan fingerprint density at radius 1 is 1.40 bits per heavy atom. The smallest absolute Gasteiger partial charge is 0.161 e. The molecule has 0 N–H and O–H groups in total. The van der Waals surface area contributed by atoms with Gasteiger partial charge in [0.1, 0.15) is 5.82 Å². The minimum Gasteiger partial charge on any atom is -0.374 e. The van der Waals surface area contributed by atoms with E-state index in [1.807, 2.05) is 7.05 Å². The quantitative estimate of drug-likeness (QED) is 0.791. The maximum absolute atomic E-state index is 13.3. The fourth-order valence-electron chi connectivity index (χ4n) is 2.85. The van der Waals surface area contributed by atoms with Crippen LogP contribution < -0.4 is 4.90 Å². The molecule has 1 saturated heterocycles. The number of nitrogens with zero attached hydrogens (tertiary/aromatic N) is 2. The van der Waals surface area contributed by atoms with Crippen molar-refractivity contribution in [3.05, 3.63) is 29.6 Å². The van der Waals surface area contributed by atoms with E-state index in [0.29, 0.717) is 11.5 Å². The Balaban J connectivity index is 2.09. The maximum Gasteiger partial charge on any atom is 0.161 e. The van der Waals surface area contributed by atoms with E-state index < -0.39 is 0 Å². The third-order valence-electron chi connectivity index (χ3n) is 4.12. The number of rotatable bonds is 4. The first-order valence-electron chi connectivity index (χ1n) is 7.17. The van der Waals surface area contributed by atoms with E-state index in [1.165, 1.54) is 31.9 Å². The summed E-state index contributed by atoms with van der Waals surface area (Å²) in [6.07, 6.45) is 2.36. The summed E-state index contributed by atoms with van der Waals surface area (Å²) in [7, 11) is 4.13. The number of likely N-dealkylation sites (tertiary alicyclic amines) is 1. The van der Waals surface area contributed by atoms with Crippen LogP contribution in [-0.4, -0.2) is 44.4 Å². The van der Waals surface area contributed by atoms with E-state index in [1.54, 1.807) is 6.07 Å². The summed E-state index contributed by atoms with van der Waals surface area (Å²) in [5.41, 5.74) is 1.30. The topological polar surface area (TPSA) is 23.6 Å². The van der Waals surface area contributed by atoms with Gasteiger partial charge < -0.3 is 9.80 Å². The van der Waals surface area contributed by atoms with Crippen molar-refractivity contribution in [1.82, 2.24) is 4.90 Å². The molecule has 110 valence electrons. The van der Waals surface area contributed by atoms with Crippen LogP contribution in [0.5, 0.6) is 0 Å². The number of Topliss-reactive ketones (excluding diaryl/α,β-unsaturated/α-hetero) is 1. The van der Waals surface area contributed by atoms with Gasteiger partial charge in [0.25, 0.3) is 0 Å². The maximum atomic E-state index is 13.3. The Labute approximate surface area is 120 Å². The van der Waals surface area contributed by atoms with Gasteiger partial charge in [0.15, 0.2) is 5.78 Å². The summed E-state index contributed by atoms with van der Waals surface area (Å²) >= 11 is 0. The molecule has 0 radical (unpaired) electrons. The number of halogens is 1. The number of hydrogen-bond donors (Lipinski definition) is 0. The summed E-state index contributed by atoms with van der Waals surface area (Å²) in [5.74, 6) is 0.197. The normalized spacial score (nSPS) is 17.2. The Bertz CT molecular complexity index is 481. The molecule has 0 aromatic heterocycles. The van der Waals surface area contributed by atoms with Crippen LogP contribution in [0.15, 0.2) is 18.2 Å². The van der Waals surface area contributed by atoms with Gasteiger partial charge in [-0.2, -0.15) is 0 Å². The molecule has 1 fully saturated rings. The van der Waals surface area contributed by atoms with Gasteiger partial charge in [-0.3, -0.25) is 4.79 Å². The molecule has 4 heteroatoms. The number of carbonyl (C=O) groups is 1. The Morgan fingerprint density at radius 2 is 2.05 bits per heavy atom. The van der Waals surface area contributed by atoms with E-state index in [9.17, 15) is 9.18 Å². The number of piperidine rings is 1. The van der Waals surface area contributed by atoms with Crippen molar-refractivity contribution in [1.29, 1.82) is 0 Å². The first-order valence-corrected chi connectivity index (χ1v) is 7.17. The van der Waals surface area contributed by atoms with Crippen LogP contribution in [0.1, 0.15) is 30.1 Å². The van der Waals surface area contributed by atoms with E-state index in [-0.39, 0.29) is 11.6 Å². The summed E-state index contributed by atoms with van der Waals surface area (Å²) in [6, 6.07) is 4.47. The van der Waals surface area contributed by atoms with Gasteiger partial charge in [-0.15, -0.1) is 0 Å². The van der Waals surface area contributed by atoms with Crippen LogP contribution in [0, 0.1) is 11.7 Å². The summed E-state index contributed by atoms with van der Waals surface area (Å²) < 4.78 is 13.3. The second kappa shape index (κ2) is 6.35. The average molecular weight is 278 g/mol. The largest absolute Gasteiger partial charge is 0.374 e. The van der Waals surface area contributed by atoms with Crippen molar-refractivity contribution in [3.8, 4) is 0 Å². The fraction of sp³-hybridized carbons (Fsp3) is 0.562. The summed E-state index contributed by atoms with van der Waals surface area (Å²) in [6.45, 7) is 4.66. The van der Waals surface area contributed by atoms with Crippen molar-refractivity contribution >= 4 is 11.5 Å². The predicted octanol–water partition coefficient (Wildman–Crippen LogP) is 2.81. The monoisotopic (exact) mass is 278 g/mol. The van der Waals surface area contributed by atoms with Crippen molar-refractivity contribution in [2.45, 2.75) is 19.8 Å². The summed E-state index contributed by atoms with van der Waals surface area (Å²) in [4.78, 5) is 16.1. The molecular formula is C16H23FN2O. The van der Waals surface area contributed by atoms with Crippen molar-refractivity contribution in [3.63, 3.8) is 0 Å². The van der Waals surface area contributed by atoms with Crippen molar-refractivity contribution in [2.75, 3.05) is 38.6 Å². The Hall–Kier alpha value is -1.42. The van der Waals surface area contributed by atoms with Crippen molar-refractivity contribution in [2.24, 2.45) is 5.92 Å². The lowest BCUT2D eigenvalue weighted by molar-refractivity contribution is 0.101. The highest BCUT2D eigenvalue weighted by atomic mass is 19.1. The number of hydrogen-bond acceptors (Lipinski definition) is 3. The number of carbonyl (C=O) groups excluding carboxylic acids is 1. The number of anilines is 1. The molecule has 0 bridgehead atoms. The average Bonchev–Trinajstić information content (AvgIpc) is 2.41. The van der Waals surface area contributed by atoms with Gasteiger partial charge >= 0.3 is 0 Å². The Morgan fingerprint density at radius 3 is 2.65 bits per heavy atom. The molecule has 0 saturated carbocycles. The molecule has 20 heavy (non-hydrogen) atoms. The summed E-state index contributed by atoms with van der Waals surface area (Å²) in [5, 5.41) is 0. The second-order valence-corrected chi connectivity index (χ2v) is 5.84. The minimum atomic E-state index is -0.355. The molecule has 0 atom stereocenters. The second-order valence-electron chi connectivity index (χ2n) is 5.84. The van der Waals surface area contributed by atoms with Crippen LogP contribution in [-0.2, 0) is 0 Å². The van der Waals surface area contributed by atoms with Gasteiger partial charge in [0.05, 0.1) is 0 Å². The third-order valence-corrected chi connectivity index (χ3v) is 4.12. The highest BCUT2D eigenvalue weighted by molar-refractivity contribution is 5.99. The molecule has 1 aliphatic rings. The molecule has 1 aromatic rings. The van der Waals surface area contributed by atoms with E-state index in [0.717, 1.165) is 25.3 Å². The zero-order chi connectivity index (χ0) is 14.7. The molecule has 1 heterocycles. The number of benzene rings is 1. The van der Waals surface area contributed by atoms with Crippen LogP contribution in [0.25, 0.3) is 0 Å². The molecule has 0 aliphatic carbocycles. The predicted molar refractivity (Wildman–Crippen MR) is 79.9 cm³/mol. The standard InChI is InChI=1S/C16H23FN2O/c1-12(20)15-10-14(17)4-5-16(15)19(3)11-13-6-8-18(2)9-7-13/h4-5,10,13H,6-9,11H2,1-3H3. The van der Waals surface area contributed by atoms with Crippen LogP contribution in [0.2, 0.25) is 0 Å². The molecule has 1 aromatic carbocycles. The van der Waals surface area contributed by atoms with Crippen LogP contribution in [0.3, 0.4) is 0 Å². The van der Waals surface area contributed by atoms with Gasteiger partial charge in [0.2, 0.25) is 0 Å². The third kappa shape index (κ3) is 3.57. The SMILES string of the molecule is CC(=O)c1cc(F)ccc1N(C)CC1CCN(C)CC1. The lowest BCUT2D eigenvalue weighted by atomic mass is 9.96. The van der Waals surface area contributed by atoms with E-state index >= 15 is 0 Å². The highest BCUT2D eigenvalue weighted by Crippen LogP contribution is 2.24. The molecule has 2 rings (SSSR count). The molecular weight excluding hydrogens is 255 g/mol. The first-order chi connectivity index (χ1) is 9.47. The molecule has 0 unspecified atom stereocenters. The molecule has 1 aliphatic heterocycles. The first kappa shape index (κ1) is 15.0. The highest BCUT2D eigenvalue weighted by Gasteiger charge is 2.20. The van der Waals surface area contributed by atoms with Gasteiger partial charge in [-0.25, -0.2) is 4.39 Å². The zero-order valence-corrected chi connectivity index (χ0v) is 12.5. The molecule has 0 spiro atoms. The van der Waals surface area contributed by atoms with Gasteiger partial charge in [-0.05, 0) is 64.0 Å². The minimum absolute atomic E-state index is 0.0882.